The van der Waals surface area contributed by atoms with E-state index in [1.807, 2.05) is 0 Å². The van der Waals surface area contributed by atoms with Crippen LogP contribution in [0.2, 0.25) is 10.0 Å². The fraction of sp³-hybridized carbons (Fsp3) is 0.0833. The molecule has 2 aromatic rings. The van der Waals surface area contributed by atoms with Gasteiger partial charge in [0.25, 0.3) is 0 Å². The van der Waals surface area contributed by atoms with E-state index in [9.17, 15) is 9.59 Å². The zero-order valence-electron chi connectivity index (χ0n) is 10.1. The number of halogens is 2. The van der Waals surface area contributed by atoms with Crippen molar-refractivity contribution in [3.8, 4) is 0 Å². The van der Waals surface area contributed by atoms with Gasteiger partial charge >= 0.3 is 5.97 Å². The van der Waals surface area contributed by atoms with Crippen LogP contribution in [-0.2, 0) is 0 Å². The summed E-state index contributed by atoms with van der Waals surface area (Å²) in [5, 5.41) is 13.0. The van der Waals surface area contributed by atoms with E-state index < -0.39 is 5.97 Å². The fourth-order valence-electron chi connectivity index (χ4n) is 1.46. The Hall–Kier alpha value is -1.63. The zero-order chi connectivity index (χ0) is 14.9. The highest BCUT2D eigenvalue weighted by atomic mass is 35.5. The number of Topliss-reactive ketones (excluding diaryl/α,β-unsaturated/α-hetero) is 1. The van der Waals surface area contributed by atoms with Crippen molar-refractivity contribution < 1.29 is 14.7 Å². The summed E-state index contributed by atoms with van der Waals surface area (Å²) in [6.45, 7) is 1.29. The number of aromatic carboxylic acids is 1. The summed E-state index contributed by atoms with van der Waals surface area (Å²) in [5.41, 5.74) is 0.256. The first kappa shape index (κ1) is 14.8. The molecule has 0 atom stereocenters. The summed E-state index contributed by atoms with van der Waals surface area (Å²) in [6.07, 6.45) is 0. The minimum absolute atomic E-state index is 0.0880. The summed E-state index contributed by atoms with van der Waals surface area (Å²) in [4.78, 5) is 26.4. The number of anilines is 2. The van der Waals surface area contributed by atoms with Crippen LogP contribution in [0.1, 0.15) is 27.1 Å². The lowest BCUT2D eigenvalue weighted by Crippen LogP contribution is -2.03. The second-order valence-corrected chi connectivity index (χ2v) is 5.65. The molecule has 0 unspecified atom stereocenters. The first-order valence-corrected chi connectivity index (χ1v) is 6.93. The number of benzene rings is 1. The molecule has 0 aliphatic rings. The predicted octanol–water partition coefficient (Wildman–Crippen LogP) is 4.09. The van der Waals surface area contributed by atoms with E-state index in [1.165, 1.54) is 6.92 Å². The molecule has 1 heterocycles. The monoisotopic (exact) mass is 330 g/mol. The molecular weight excluding hydrogens is 323 g/mol. The first-order valence-electron chi connectivity index (χ1n) is 5.35. The van der Waals surface area contributed by atoms with Gasteiger partial charge in [-0.15, -0.1) is 0 Å². The van der Waals surface area contributed by atoms with Crippen LogP contribution in [0.15, 0.2) is 18.2 Å². The molecule has 0 saturated carbocycles. The summed E-state index contributed by atoms with van der Waals surface area (Å²) in [7, 11) is 0. The molecule has 0 radical (unpaired) electrons. The number of rotatable bonds is 4. The van der Waals surface area contributed by atoms with Gasteiger partial charge in [0.15, 0.2) is 16.6 Å². The van der Waals surface area contributed by atoms with Crippen LogP contribution in [0.4, 0.5) is 10.8 Å². The number of hydrogen-bond acceptors (Lipinski definition) is 5. The van der Waals surface area contributed by atoms with E-state index in [1.54, 1.807) is 18.2 Å². The Balaban J connectivity index is 2.37. The van der Waals surface area contributed by atoms with Crippen molar-refractivity contribution in [1.29, 1.82) is 0 Å². The molecule has 0 bridgehead atoms. The zero-order valence-corrected chi connectivity index (χ0v) is 12.4. The standard InChI is InChI=1S/C12H8Cl2N2O3S/c1-5(17)10-9(11(18)19)16-12(20-10)15-8-3-2-6(13)4-7(8)14/h2-4H,1H3,(H,15,16)(H,18,19). The Morgan fingerprint density at radius 1 is 1.35 bits per heavy atom. The third-order valence-electron chi connectivity index (χ3n) is 2.32. The van der Waals surface area contributed by atoms with Gasteiger partial charge in [-0.3, -0.25) is 4.79 Å². The minimum atomic E-state index is -1.25. The Bertz CT molecular complexity index is 669. The maximum atomic E-state index is 11.4. The van der Waals surface area contributed by atoms with Crippen LogP contribution in [0.3, 0.4) is 0 Å². The summed E-state index contributed by atoms with van der Waals surface area (Å²) in [5.74, 6) is -1.60. The summed E-state index contributed by atoms with van der Waals surface area (Å²) in [6, 6.07) is 4.82. The van der Waals surface area contributed by atoms with Gasteiger partial charge in [-0.05, 0) is 18.2 Å². The lowest BCUT2D eigenvalue weighted by molar-refractivity contribution is 0.0687. The van der Waals surface area contributed by atoms with Gasteiger partial charge in [0.05, 0.1) is 10.7 Å². The van der Waals surface area contributed by atoms with Crippen LogP contribution < -0.4 is 5.32 Å². The molecule has 2 rings (SSSR count). The van der Waals surface area contributed by atoms with E-state index in [2.05, 4.69) is 10.3 Å². The quantitative estimate of drug-likeness (QED) is 0.825. The van der Waals surface area contributed by atoms with Crippen LogP contribution in [0.25, 0.3) is 0 Å². The largest absolute Gasteiger partial charge is 0.476 e. The van der Waals surface area contributed by atoms with Crippen molar-refractivity contribution in [3.63, 3.8) is 0 Å². The molecular formula is C12H8Cl2N2O3S. The number of carbonyl (C=O) groups is 2. The molecule has 0 spiro atoms. The highest BCUT2D eigenvalue weighted by Crippen LogP contribution is 2.31. The highest BCUT2D eigenvalue weighted by molar-refractivity contribution is 7.17. The normalized spacial score (nSPS) is 10.3. The molecule has 2 N–H and O–H groups in total. The van der Waals surface area contributed by atoms with E-state index in [-0.39, 0.29) is 21.5 Å². The molecule has 0 amide bonds. The van der Waals surface area contributed by atoms with E-state index >= 15 is 0 Å². The topological polar surface area (TPSA) is 79.3 Å². The maximum Gasteiger partial charge on any atom is 0.356 e. The third kappa shape index (κ3) is 3.09. The molecule has 0 aliphatic heterocycles. The average Bonchev–Trinajstić information content (AvgIpc) is 2.77. The number of carboxylic acid groups (broad SMARTS) is 1. The molecule has 0 fully saturated rings. The number of ketones is 1. The Kier molecular flexibility index (Phi) is 4.27. The van der Waals surface area contributed by atoms with Gasteiger partial charge < -0.3 is 10.4 Å². The smallest absolute Gasteiger partial charge is 0.356 e. The van der Waals surface area contributed by atoms with Crippen molar-refractivity contribution in [2.24, 2.45) is 0 Å². The third-order valence-corrected chi connectivity index (χ3v) is 3.94. The number of aromatic nitrogens is 1. The lowest BCUT2D eigenvalue weighted by Gasteiger charge is -2.04. The van der Waals surface area contributed by atoms with Gasteiger partial charge in [-0.25, -0.2) is 9.78 Å². The van der Waals surface area contributed by atoms with Gasteiger partial charge in [0.2, 0.25) is 0 Å². The summed E-state index contributed by atoms with van der Waals surface area (Å²) < 4.78 is 0. The number of hydrogen-bond donors (Lipinski definition) is 2. The Morgan fingerprint density at radius 2 is 2.05 bits per heavy atom. The Labute approximate surface area is 128 Å². The maximum absolute atomic E-state index is 11.4. The lowest BCUT2D eigenvalue weighted by atomic mass is 10.3. The van der Waals surface area contributed by atoms with Gasteiger partial charge in [0.1, 0.15) is 4.88 Å². The molecule has 0 saturated heterocycles. The molecule has 1 aromatic heterocycles. The molecule has 5 nitrogen and oxygen atoms in total. The Morgan fingerprint density at radius 3 is 2.55 bits per heavy atom. The second-order valence-electron chi connectivity index (χ2n) is 3.81. The van der Waals surface area contributed by atoms with Crippen LogP contribution >= 0.6 is 34.5 Å². The number of carboxylic acids is 1. The van der Waals surface area contributed by atoms with Crippen molar-refractivity contribution in [2.75, 3.05) is 5.32 Å². The van der Waals surface area contributed by atoms with Gasteiger partial charge in [-0.2, -0.15) is 0 Å². The van der Waals surface area contributed by atoms with E-state index in [0.717, 1.165) is 11.3 Å². The number of nitrogens with zero attached hydrogens (tertiary/aromatic N) is 1. The summed E-state index contributed by atoms with van der Waals surface area (Å²) >= 11 is 12.7. The van der Waals surface area contributed by atoms with Crippen molar-refractivity contribution in [1.82, 2.24) is 4.98 Å². The molecule has 1 aromatic carbocycles. The fourth-order valence-corrected chi connectivity index (χ4v) is 2.78. The highest BCUT2D eigenvalue weighted by Gasteiger charge is 2.20. The SMILES string of the molecule is CC(=O)c1sc(Nc2ccc(Cl)cc2Cl)nc1C(=O)O. The first-order chi connectivity index (χ1) is 9.38. The predicted molar refractivity (Wildman–Crippen MR) is 78.8 cm³/mol. The van der Waals surface area contributed by atoms with E-state index in [4.69, 9.17) is 28.3 Å². The number of nitrogens with one attached hydrogen (secondary N) is 1. The minimum Gasteiger partial charge on any atom is -0.476 e. The van der Waals surface area contributed by atoms with Crippen LogP contribution in [-0.4, -0.2) is 21.8 Å². The second kappa shape index (κ2) is 5.78. The van der Waals surface area contributed by atoms with Crippen molar-refractivity contribution in [2.45, 2.75) is 6.92 Å². The van der Waals surface area contributed by atoms with Gasteiger partial charge in [0, 0.05) is 11.9 Å². The van der Waals surface area contributed by atoms with E-state index in [0.29, 0.717) is 15.7 Å². The van der Waals surface area contributed by atoms with Crippen molar-refractivity contribution in [3.05, 3.63) is 38.8 Å². The molecule has 20 heavy (non-hydrogen) atoms. The molecule has 0 aliphatic carbocycles. The van der Waals surface area contributed by atoms with Crippen LogP contribution in [0, 0.1) is 0 Å². The average molecular weight is 331 g/mol. The van der Waals surface area contributed by atoms with Crippen LogP contribution in [0.5, 0.6) is 0 Å². The number of carbonyl (C=O) groups excluding carboxylic acids is 1. The molecule has 104 valence electrons. The van der Waals surface area contributed by atoms with Gasteiger partial charge in [-0.1, -0.05) is 34.5 Å². The van der Waals surface area contributed by atoms with Crippen molar-refractivity contribution >= 4 is 57.1 Å². The number of thiazole rings is 1. The molecule has 8 heteroatoms.